The monoisotopic (exact) mass is 232 g/mol. The van der Waals surface area contributed by atoms with Crippen LogP contribution in [0.3, 0.4) is 0 Å². The van der Waals surface area contributed by atoms with Gasteiger partial charge in [-0.1, -0.05) is 24.3 Å². The number of aromatic hydroxyl groups is 1. The molecule has 1 N–H and O–H groups in total. The van der Waals surface area contributed by atoms with Crippen molar-refractivity contribution in [1.82, 2.24) is 9.78 Å². The lowest BCUT2D eigenvalue weighted by molar-refractivity contribution is -0.111. The number of carbonyl (C=O) groups excluding carboxylic acids is 1. The van der Waals surface area contributed by atoms with E-state index in [9.17, 15) is 9.90 Å². The van der Waals surface area contributed by atoms with Gasteiger partial charge in [0.1, 0.15) is 12.0 Å². The summed E-state index contributed by atoms with van der Waals surface area (Å²) in [5.41, 5.74) is 0.337. The SMILES string of the molecule is CCn1nc(C2(C=O)C=CC=CC2)c(O)c1C. The molecule has 17 heavy (non-hydrogen) atoms. The summed E-state index contributed by atoms with van der Waals surface area (Å²) in [6.45, 7) is 4.43. The van der Waals surface area contributed by atoms with Crippen molar-refractivity contribution in [2.24, 2.45) is 0 Å². The largest absolute Gasteiger partial charge is 0.504 e. The van der Waals surface area contributed by atoms with E-state index in [1.165, 1.54) is 0 Å². The maximum absolute atomic E-state index is 11.4. The second-order valence-corrected chi connectivity index (χ2v) is 4.25. The lowest BCUT2D eigenvalue weighted by Gasteiger charge is -2.22. The number of rotatable bonds is 3. The Morgan fingerprint density at radius 3 is 2.82 bits per heavy atom. The molecule has 0 saturated heterocycles. The Morgan fingerprint density at radius 2 is 2.35 bits per heavy atom. The topological polar surface area (TPSA) is 55.1 Å². The van der Waals surface area contributed by atoms with Gasteiger partial charge in [-0.05, 0) is 20.3 Å². The first kappa shape index (κ1) is 11.6. The van der Waals surface area contributed by atoms with E-state index in [0.29, 0.717) is 24.4 Å². The van der Waals surface area contributed by atoms with Crippen LogP contribution in [0.1, 0.15) is 24.7 Å². The minimum atomic E-state index is -0.815. The van der Waals surface area contributed by atoms with Crippen molar-refractivity contribution < 1.29 is 9.90 Å². The number of nitrogens with zero attached hydrogens (tertiary/aromatic N) is 2. The molecule has 0 aliphatic heterocycles. The van der Waals surface area contributed by atoms with Gasteiger partial charge in [0.05, 0.1) is 11.1 Å². The molecule has 0 saturated carbocycles. The minimum Gasteiger partial charge on any atom is -0.504 e. The molecule has 4 nitrogen and oxygen atoms in total. The molecule has 1 heterocycles. The van der Waals surface area contributed by atoms with Crippen molar-refractivity contribution in [3.63, 3.8) is 0 Å². The highest BCUT2D eigenvalue weighted by molar-refractivity contribution is 5.74. The Morgan fingerprint density at radius 1 is 1.59 bits per heavy atom. The summed E-state index contributed by atoms with van der Waals surface area (Å²) in [5, 5.41) is 14.4. The van der Waals surface area contributed by atoms with E-state index >= 15 is 0 Å². The average Bonchev–Trinajstić information content (AvgIpc) is 2.67. The van der Waals surface area contributed by atoms with E-state index in [0.717, 1.165) is 6.29 Å². The summed E-state index contributed by atoms with van der Waals surface area (Å²) < 4.78 is 1.71. The number of aromatic nitrogens is 2. The molecule has 1 atom stereocenters. The Labute approximate surface area is 100 Å². The van der Waals surface area contributed by atoms with Crippen LogP contribution in [0.5, 0.6) is 5.75 Å². The van der Waals surface area contributed by atoms with Crippen molar-refractivity contribution in [3.8, 4) is 5.75 Å². The lowest BCUT2D eigenvalue weighted by Crippen LogP contribution is -2.27. The zero-order valence-corrected chi connectivity index (χ0v) is 10.1. The van der Waals surface area contributed by atoms with Crippen LogP contribution in [0.2, 0.25) is 0 Å². The maximum atomic E-state index is 11.4. The standard InChI is InChI=1S/C13H16N2O2/c1-3-15-10(2)11(17)12(14-15)13(9-16)7-5-4-6-8-13/h4-7,9,17H,3,8H2,1-2H3. The molecule has 1 aromatic rings. The summed E-state index contributed by atoms with van der Waals surface area (Å²) in [6, 6.07) is 0. The van der Waals surface area contributed by atoms with Crippen LogP contribution >= 0.6 is 0 Å². The predicted octanol–water partition coefficient (Wildman–Crippen LogP) is 1.87. The lowest BCUT2D eigenvalue weighted by atomic mass is 9.79. The number of allylic oxidation sites excluding steroid dienone is 4. The predicted molar refractivity (Wildman–Crippen MR) is 64.9 cm³/mol. The first-order valence-electron chi connectivity index (χ1n) is 5.72. The van der Waals surface area contributed by atoms with Crippen LogP contribution in [0, 0.1) is 6.92 Å². The van der Waals surface area contributed by atoms with Gasteiger partial charge < -0.3 is 9.90 Å². The molecule has 0 aromatic carbocycles. The Kier molecular flexibility index (Phi) is 2.88. The van der Waals surface area contributed by atoms with Crippen molar-refractivity contribution in [1.29, 1.82) is 0 Å². The Hall–Kier alpha value is -1.84. The molecular weight excluding hydrogens is 216 g/mol. The van der Waals surface area contributed by atoms with Crippen LogP contribution < -0.4 is 0 Å². The number of hydrogen-bond donors (Lipinski definition) is 1. The first-order valence-corrected chi connectivity index (χ1v) is 5.72. The highest BCUT2D eigenvalue weighted by Crippen LogP contribution is 2.36. The molecule has 2 rings (SSSR count). The van der Waals surface area contributed by atoms with Crippen LogP contribution in [0.15, 0.2) is 24.3 Å². The zero-order chi connectivity index (χ0) is 12.5. The van der Waals surface area contributed by atoms with E-state index in [-0.39, 0.29) is 5.75 Å². The van der Waals surface area contributed by atoms with E-state index < -0.39 is 5.41 Å². The molecular formula is C13H16N2O2. The Balaban J connectivity index is 2.55. The molecule has 0 fully saturated rings. The van der Waals surface area contributed by atoms with Crippen LogP contribution in [0.25, 0.3) is 0 Å². The third kappa shape index (κ3) is 1.69. The highest BCUT2D eigenvalue weighted by Gasteiger charge is 2.35. The average molecular weight is 232 g/mol. The first-order chi connectivity index (χ1) is 8.14. The molecule has 0 amide bonds. The number of hydrogen-bond acceptors (Lipinski definition) is 3. The van der Waals surface area contributed by atoms with Gasteiger partial charge in [-0.2, -0.15) is 5.10 Å². The molecule has 1 aliphatic rings. The smallest absolute Gasteiger partial charge is 0.161 e. The summed E-state index contributed by atoms with van der Waals surface area (Å²) in [5.74, 6) is 0.124. The molecule has 0 bridgehead atoms. The summed E-state index contributed by atoms with van der Waals surface area (Å²) >= 11 is 0. The third-order valence-corrected chi connectivity index (χ3v) is 3.22. The van der Waals surface area contributed by atoms with Gasteiger partial charge in [0, 0.05) is 6.54 Å². The maximum Gasteiger partial charge on any atom is 0.161 e. The fraction of sp³-hybridized carbons (Fsp3) is 0.385. The van der Waals surface area contributed by atoms with Gasteiger partial charge in [0.2, 0.25) is 0 Å². The van der Waals surface area contributed by atoms with Gasteiger partial charge in [0.15, 0.2) is 5.75 Å². The van der Waals surface area contributed by atoms with E-state index in [4.69, 9.17) is 0 Å². The fourth-order valence-electron chi connectivity index (χ4n) is 2.11. The molecule has 4 heteroatoms. The second-order valence-electron chi connectivity index (χ2n) is 4.25. The van der Waals surface area contributed by atoms with Gasteiger partial charge in [0.25, 0.3) is 0 Å². The normalized spacial score (nSPS) is 22.9. The Bertz CT molecular complexity index is 500. The van der Waals surface area contributed by atoms with Gasteiger partial charge in [-0.15, -0.1) is 0 Å². The van der Waals surface area contributed by atoms with E-state index in [1.807, 2.05) is 25.2 Å². The number of aldehydes is 1. The van der Waals surface area contributed by atoms with Crippen LogP contribution in [-0.4, -0.2) is 21.2 Å². The molecule has 1 unspecified atom stereocenters. The molecule has 1 aliphatic carbocycles. The van der Waals surface area contributed by atoms with Gasteiger partial charge in [-0.25, -0.2) is 0 Å². The van der Waals surface area contributed by atoms with Gasteiger partial charge >= 0.3 is 0 Å². The summed E-state index contributed by atoms with van der Waals surface area (Å²) in [7, 11) is 0. The number of aryl methyl sites for hydroxylation is 1. The fourth-order valence-corrected chi connectivity index (χ4v) is 2.11. The third-order valence-electron chi connectivity index (χ3n) is 3.22. The van der Waals surface area contributed by atoms with Crippen molar-refractivity contribution in [3.05, 3.63) is 35.7 Å². The van der Waals surface area contributed by atoms with Crippen LogP contribution in [0.4, 0.5) is 0 Å². The zero-order valence-electron chi connectivity index (χ0n) is 10.1. The van der Waals surface area contributed by atoms with E-state index in [1.54, 1.807) is 17.7 Å². The summed E-state index contributed by atoms with van der Waals surface area (Å²) in [4.78, 5) is 11.4. The quantitative estimate of drug-likeness (QED) is 0.809. The number of carbonyl (C=O) groups is 1. The highest BCUT2D eigenvalue weighted by atomic mass is 16.3. The van der Waals surface area contributed by atoms with Crippen molar-refractivity contribution >= 4 is 6.29 Å². The summed E-state index contributed by atoms with van der Waals surface area (Å²) in [6.07, 6.45) is 8.81. The van der Waals surface area contributed by atoms with Crippen molar-refractivity contribution in [2.45, 2.75) is 32.2 Å². The van der Waals surface area contributed by atoms with Crippen LogP contribution in [-0.2, 0) is 16.8 Å². The molecule has 90 valence electrons. The molecule has 1 aromatic heterocycles. The van der Waals surface area contributed by atoms with Gasteiger partial charge in [-0.3, -0.25) is 4.68 Å². The van der Waals surface area contributed by atoms with Crippen molar-refractivity contribution in [2.75, 3.05) is 0 Å². The molecule has 0 spiro atoms. The van der Waals surface area contributed by atoms with E-state index in [2.05, 4.69) is 5.10 Å². The second kappa shape index (κ2) is 4.20. The molecule has 0 radical (unpaired) electrons. The minimum absolute atomic E-state index is 0.124.